The lowest BCUT2D eigenvalue weighted by Gasteiger charge is -2.24. The van der Waals surface area contributed by atoms with E-state index in [0.29, 0.717) is 5.69 Å². The maximum Gasteiger partial charge on any atom is 0.242 e. The van der Waals surface area contributed by atoms with E-state index in [9.17, 15) is 4.79 Å². The molecule has 3 N–H and O–H groups in total. The van der Waals surface area contributed by atoms with Gasteiger partial charge in [0.15, 0.2) is 0 Å². The molecule has 0 aliphatic carbocycles. The van der Waals surface area contributed by atoms with E-state index in [1.165, 1.54) is 0 Å². The van der Waals surface area contributed by atoms with Crippen LogP contribution in [-0.2, 0) is 11.3 Å². The van der Waals surface area contributed by atoms with Crippen molar-refractivity contribution in [2.75, 3.05) is 5.73 Å². The van der Waals surface area contributed by atoms with Crippen molar-refractivity contribution in [3.8, 4) is 0 Å². The molecule has 0 saturated heterocycles. The first kappa shape index (κ1) is 13.5. The van der Waals surface area contributed by atoms with Crippen LogP contribution in [-0.4, -0.2) is 21.2 Å². The normalized spacial score (nSPS) is 11.6. The molecule has 5 nitrogen and oxygen atoms in total. The summed E-state index contributed by atoms with van der Waals surface area (Å²) in [5.74, 6) is -0.0394. The molecule has 0 aromatic carbocycles. The second-order valence-electron chi connectivity index (χ2n) is 5.03. The number of anilines is 1. The van der Waals surface area contributed by atoms with E-state index in [2.05, 4.69) is 10.4 Å². The lowest BCUT2D eigenvalue weighted by atomic mass is 10.0. The number of carbonyl (C=O) groups is 1. The minimum atomic E-state index is -0.182. The van der Waals surface area contributed by atoms with Crippen LogP contribution in [0.15, 0.2) is 0 Å². The summed E-state index contributed by atoms with van der Waals surface area (Å²) in [5, 5.41) is 7.21. The molecule has 1 rings (SSSR count). The number of amides is 1. The number of nitrogens with zero attached hydrogens (tertiary/aromatic N) is 2. The van der Waals surface area contributed by atoms with E-state index >= 15 is 0 Å². The molecule has 0 unspecified atom stereocenters. The van der Waals surface area contributed by atoms with Gasteiger partial charge < -0.3 is 11.1 Å². The van der Waals surface area contributed by atoms with Crippen LogP contribution in [0.2, 0.25) is 0 Å². The highest BCUT2D eigenvalue weighted by Gasteiger charge is 2.19. The molecule has 1 aromatic rings. The minimum absolute atomic E-state index is 0.0394. The molecule has 96 valence electrons. The van der Waals surface area contributed by atoms with E-state index in [1.54, 1.807) is 4.68 Å². The average molecular weight is 238 g/mol. The third kappa shape index (κ3) is 3.22. The highest BCUT2D eigenvalue weighted by Crippen LogP contribution is 2.14. The van der Waals surface area contributed by atoms with Gasteiger partial charge in [0.1, 0.15) is 6.54 Å². The van der Waals surface area contributed by atoms with Crippen molar-refractivity contribution in [1.29, 1.82) is 0 Å². The fraction of sp³-hybridized carbons (Fsp3) is 0.667. The van der Waals surface area contributed by atoms with Crippen LogP contribution >= 0.6 is 0 Å². The van der Waals surface area contributed by atoms with Gasteiger partial charge in [0.2, 0.25) is 5.91 Å². The van der Waals surface area contributed by atoms with Crippen molar-refractivity contribution >= 4 is 11.6 Å². The van der Waals surface area contributed by atoms with Crippen LogP contribution in [0.25, 0.3) is 0 Å². The fourth-order valence-corrected chi connectivity index (χ4v) is 1.51. The standard InChI is InChI=1S/C12H22N4O/c1-6-12(4,5)14-10(17)7-16-9(3)11(13)8(2)15-16/h6-7,13H2,1-5H3,(H,14,17). The Balaban J connectivity index is 2.72. The molecule has 0 atom stereocenters. The van der Waals surface area contributed by atoms with Gasteiger partial charge in [-0.05, 0) is 34.1 Å². The molecule has 0 aliphatic rings. The van der Waals surface area contributed by atoms with Crippen molar-refractivity contribution < 1.29 is 4.79 Å². The number of rotatable bonds is 4. The third-order valence-corrected chi connectivity index (χ3v) is 3.09. The largest absolute Gasteiger partial charge is 0.396 e. The fourth-order valence-electron chi connectivity index (χ4n) is 1.51. The van der Waals surface area contributed by atoms with Gasteiger partial charge in [0.05, 0.1) is 17.1 Å². The summed E-state index contributed by atoms with van der Waals surface area (Å²) in [6, 6.07) is 0. The lowest BCUT2D eigenvalue weighted by molar-refractivity contribution is -0.123. The average Bonchev–Trinajstić information content (AvgIpc) is 2.45. The number of hydrogen-bond donors (Lipinski definition) is 2. The van der Waals surface area contributed by atoms with E-state index in [4.69, 9.17) is 5.73 Å². The smallest absolute Gasteiger partial charge is 0.242 e. The summed E-state index contributed by atoms with van der Waals surface area (Å²) >= 11 is 0. The zero-order valence-corrected chi connectivity index (χ0v) is 11.3. The Morgan fingerprint density at radius 1 is 1.47 bits per heavy atom. The van der Waals surface area contributed by atoms with Gasteiger partial charge in [-0.1, -0.05) is 6.92 Å². The lowest BCUT2D eigenvalue weighted by Crippen LogP contribution is -2.44. The van der Waals surface area contributed by atoms with Crippen LogP contribution < -0.4 is 11.1 Å². The molecule has 0 radical (unpaired) electrons. The number of nitrogens with two attached hydrogens (primary N) is 1. The number of nitrogen functional groups attached to an aromatic ring is 1. The first-order valence-electron chi connectivity index (χ1n) is 5.87. The van der Waals surface area contributed by atoms with Crippen LogP contribution in [0.3, 0.4) is 0 Å². The Kier molecular flexibility index (Phi) is 3.80. The number of carbonyl (C=O) groups excluding carboxylic acids is 1. The Bertz CT molecular complexity index is 420. The summed E-state index contributed by atoms with van der Waals surface area (Å²) in [5.41, 5.74) is 7.90. The third-order valence-electron chi connectivity index (χ3n) is 3.09. The van der Waals surface area contributed by atoms with E-state index in [1.807, 2.05) is 34.6 Å². The molecule has 0 bridgehead atoms. The Hall–Kier alpha value is -1.52. The zero-order valence-electron chi connectivity index (χ0n) is 11.3. The van der Waals surface area contributed by atoms with Crippen LogP contribution in [0.5, 0.6) is 0 Å². The molecule has 0 aliphatic heterocycles. The molecule has 1 heterocycles. The maximum atomic E-state index is 11.8. The summed E-state index contributed by atoms with van der Waals surface area (Å²) in [6.07, 6.45) is 0.887. The summed E-state index contributed by atoms with van der Waals surface area (Å²) in [4.78, 5) is 11.8. The highest BCUT2D eigenvalue weighted by molar-refractivity contribution is 5.76. The number of aromatic nitrogens is 2. The van der Waals surface area contributed by atoms with E-state index in [0.717, 1.165) is 17.8 Å². The molecule has 17 heavy (non-hydrogen) atoms. The second-order valence-corrected chi connectivity index (χ2v) is 5.03. The molecule has 1 aromatic heterocycles. The monoisotopic (exact) mass is 238 g/mol. The first-order chi connectivity index (χ1) is 7.76. The van der Waals surface area contributed by atoms with Crippen LogP contribution in [0, 0.1) is 13.8 Å². The molecule has 1 amide bonds. The van der Waals surface area contributed by atoms with Crippen molar-refractivity contribution in [1.82, 2.24) is 15.1 Å². The van der Waals surface area contributed by atoms with Crippen LogP contribution in [0.1, 0.15) is 38.6 Å². The molecular formula is C12H22N4O. The molecule has 5 heteroatoms. The van der Waals surface area contributed by atoms with E-state index < -0.39 is 0 Å². The topological polar surface area (TPSA) is 72.9 Å². The molecule has 0 spiro atoms. The predicted octanol–water partition coefficient (Wildman–Crippen LogP) is 1.39. The first-order valence-corrected chi connectivity index (χ1v) is 5.87. The zero-order chi connectivity index (χ0) is 13.2. The van der Waals surface area contributed by atoms with Crippen molar-refractivity contribution in [2.24, 2.45) is 0 Å². The van der Waals surface area contributed by atoms with Gasteiger partial charge in [0, 0.05) is 5.54 Å². The Morgan fingerprint density at radius 2 is 2.06 bits per heavy atom. The summed E-state index contributed by atoms with van der Waals surface area (Å²) < 4.78 is 1.64. The Morgan fingerprint density at radius 3 is 2.47 bits per heavy atom. The van der Waals surface area contributed by atoms with Crippen LogP contribution in [0.4, 0.5) is 5.69 Å². The van der Waals surface area contributed by atoms with Gasteiger partial charge in [-0.3, -0.25) is 9.48 Å². The van der Waals surface area contributed by atoms with Crippen molar-refractivity contribution in [3.63, 3.8) is 0 Å². The number of hydrogen-bond acceptors (Lipinski definition) is 3. The molecular weight excluding hydrogens is 216 g/mol. The number of aryl methyl sites for hydroxylation is 1. The molecule has 0 fully saturated rings. The number of nitrogens with one attached hydrogen (secondary N) is 1. The minimum Gasteiger partial charge on any atom is -0.396 e. The van der Waals surface area contributed by atoms with Gasteiger partial charge in [-0.15, -0.1) is 0 Å². The Labute approximate surface area is 102 Å². The quantitative estimate of drug-likeness (QED) is 0.832. The SMILES string of the molecule is CCC(C)(C)NC(=O)Cn1nc(C)c(N)c1C. The van der Waals surface area contributed by atoms with Gasteiger partial charge in [0.25, 0.3) is 0 Å². The second kappa shape index (κ2) is 4.77. The summed E-state index contributed by atoms with van der Waals surface area (Å²) in [6.45, 7) is 9.97. The maximum absolute atomic E-state index is 11.8. The van der Waals surface area contributed by atoms with Crippen molar-refractivity contribution in [3.05, 3.63) is 11.4 Å². The molecule has 0 saturated carbocycles. The van der Waals surface area contributed by atoms with Gasteiger partial charge >= 0.3 is 0 Å². The van der Waals surface area contributed by atoms with Crippen molar-refractivity contribution in [2.45, 2.75) is 53.1 Å². The van der Waals surface area contributed by atoms with Gasteiger partial charge in [-0.25, -0.2) is 0 Å². The predicted molar refractivity (Wildman–Crippen MR) is 68.6 cm³/mol. The van der Waals surface area contributed by atoms with E-state index in [-0.39, 0.29) is 18.0 Å². The highest BCUT2D eigenvalue weighted by atomic mass is 16.2. The van der Waals surface area contributed by atoms with Gasteiger partial charge in [-0.2, -0.15) is 5.10 Å². The summed E-state index contributed by atoms with van der Waals surface area (Å²) in [7, 11) is 0.